The first-order valence-electron chi connectivity index (χ1n) is 11.8. The molecule has 3 heterocycles. The van der Waals surface area contributed by atoms with Gasteiger partial charge in [-0.05, 0) is 54.7 Å². The molecule has 2 fully saturated rings. The third-order valence-corrected chi connectivity index (χ3v) is 7.22. The molecular formula is C26H28N4O5. The first-order chi connectivity index (χ1) is 16.8. The minimum atomic E-state index is -1.14. The van der Waals surface area contributed by atoms with Crippen LogP contribution >= 0.6 is 0 Å². The first-order valence-corrected chi connectivity index (χ1v) is 11.8. The average Bonchev–Trinajstić information content (AvgIpc) is 3.43. The molecule has 35 heavy (non-hydrogen) atoms. The lowest BCUT2D eigenvalue weighted by molar-refractivity contribution is -0.125. The summed E-state index contributed by atoms with van der Waals surface area (Å²) in [5.41, 5.74) is 1.70. The summed E-state index contributed by atoms with van der Waals surface area (Å²) in [5, 5.41) is 10.3. The number of imide groups is 1. The van der Waals surface area contributed by atoms with E-state index in [0.717, 1.165) is 35.3 Å². The van der Waals surface area contributed by atoms with Gasteiger partial charge < -0.3 is 19.5 Å². The number of urea groups is 1. The quantitative estimate of drug-likeness (QED) is 0.545. The van der Waals surface area contributed by atoms with E-state index in [4.69, 9.17) is 9.26 Å². The molecule has 1 aromatic heterocycles. The van der Waals surface area contributed by atoms with Crippen LogP contribution in [-0.4, -0.2) is 48.1 Å². The fourth-order valence-electron chi connectivity index (χ4n) is 5.18. The number of nitrogens with zero attached hydrogens (tertiary/aromatic N) is 2. The highest BCUT2D eigenvalue weighted by Crippen LogP contribution is 2.35. The van der Waals surface area contributed by atoms with Gasteiger partial charge in [0.1, 0.15) is 11.3 Å². The Labute approximate surface area is 202 Å². The van der Waals surface area contributed by atoms with Crippen molar-refractivity contribution in [3.8, 4) is 5.75 Å². The van der Waals surface area contributed by atoms with Crippen LogP contribution in [0.5, 0.6) is 5.75 Å². The monoisotopic (exact) mass is 476 g/mol. The van der Waals surface area contributed by atoms with Gasteiger partial charge in [0.2, 0.25) is 0 Å². The molecule has 0 bridgehead atoms. The Morgan fingerprint density at radius 2 is 1.86 bits per heavy atom. The molecule has 2 aromatic carbocycles. The van der Waals surface area contributed by atoms with Crippen LogP contribution in [-0.2, 0) is 10.3 Å². The van der Waals surface area contributed by atoms with Crippen LogP contribution in [0.1, 0.15) is 54.2 Å². The number of carbonyl (C=O) groups excluding carboxylic acids is 3. The smallest absolute Gasteiger partial charge is 0.322 e. The van der Waals surface area contributed by atoms with Crippen molar-refractivity contribution in [2.45, 2.75) is 38.1 Å². The van der Waals surface area contributed by atoms with E-state index in [0.29, 0.717) is 24.2 Å². The second kappa shape index (κ2) is 8.72. The van der Waals surface area contributed by atoms with Crippen molar-refractivity contribution in [1.29, 1.82) is 0 Å². The Morgan fingerprint density at radius 3 is 2.46 bits per heavy atom. The van der Waals surface area contributed by atoms with Gasteiger partial charge in [0.25, 0.3) is 11.8 Å². The van der Waals surface area contributed by atoms with Gasteiger partial charge in [-0.2, -0.15) is 0 Å². The summed E-state index contributed by atoms with van der Waals surface area (Å²) < 4.78 is 10.8. The first kappa shape index (κ1) is 22.9. The molecule has 2 aliphatic rings. The van der Waals surface area contributed by atoms with E-state index >= 15 is 0 Å². The maximum absolute atomic E-state index is 13.2. The normalized spacial score (nSPS) is 20.9. The molecular weight excluding hydrogens is 448 g/mol. The van der Waals surface area contributed by atoms with Crippen LogP contribution < -0.4 is 15.4 Å². The number of methoxy groups -OCH3 is 1. The predicted octanol–water partition coefficient (Wildman–Crippen LogP) is 3.55. The molecule has 3 aromatic rings. The molecule has 2 N–H and O–H groups in total. The molecule has 2 saturated heterocycles. The minimum Gasteiger partial charge on any atom is -0.497 e. The lowest BCUT2D eigenvalue weighted by Crippen LogP contribution is -2.48. The Balaban J connectivity index is 1.29. The Kier molecular flexibility index (Phi) is 5.70. The minimum absolute atomic E-state index is 0.0554. The number of aromatic nitrogens is 1. The molecule has 5 rings (SSSR count). The molecule has 2 aliphatic heterocycles. The van der Waals surface area contributed by atoms with E-state index < -0.39 is 11.6 Å². The van der Waals surface area contributed by atoms with Crippen LogP contribution in [0.15, 0.2) is 47.0 Å². The number of benzene rings is 2. The van der Waals surface area contributed by atoms with Gasteiger partial charge in [0.15, 0.2) is 5.58 Å². The number of ether oxygens (including phenoxy) is 1. The van der Waals surface area contributed by atoms with E-state index in [2.05, 4.69) is 15.8 Å². The topological polar surface area (TPSA) is 114 Å². The standard InChI is InChI=1S/C26H28N4O5/c1-15(2)26(24(32)27-25(33)28-26)18-6-4-17(5-7-18)23(31)30-12-10-16(11-13-30)22-20-14-19(34-3)8-9-21(20)35-29-22/h4-9,14-16H,10-13H2,1-3H3,(H2,27,28,32,33)/t26-/m1/s1. The van der Waals surface area contributed by atoms with E-state index in [1.165, 1.54) is 0 Å². The zero-order valence-electron chi connectivity index (χ0n) is 20.0. The van der Waals surface area contributed by atoms with Crippen molar-refractivity contribution in [3.63, 3.8) is 0 Å². The van der Waals surface area contributed by atoms with Crippen molar-refractivity contribution in [2.75, 3.05) is 20.2 Å². The van der Waals surface area contributed by atoms with E-state index in [1.807, 2.05) is 36.9 Å². The van der Waals surface area contributed by atoms with Crippen molar-refractivity contribution in [2.24, 2.45) is 5.92 Å². The van der Waals surface area contributed by atoms with Gasteiger partial charge in [-0.3, -0.25) is 14.9 Å². The summed E-state index contributed by atoms with van der Waals surface area (Å²) in [6.45, 7) is 4.97. The van der Waals surface area contributed by atoms with E-state index in [1.54, 1.807) is 31.4 Å². The van der Waals surface area contributed by atoms with Crippen LogP contribution in [0.3, 0.4) is 0 Å². The zero-order valence-corrected chi connectivity index (χ0v) is 20.0. The second-order valence-corrected chi connectivity index (χ2v) is 9.44. The summed E-state index contributed by atoms with van der Waals surface area (Å²) in [7, 11) is 1.63. The molecule has 0 unspecified atom stereocenters. The predicted molar refractivity (Wildman–Crippen MR) is 128 cm³/mol. The number of hydrogen-bond acceptors (Lipinski definition) is 6. The molecule has 0 aliphatic carbocycles. The lowest BCUT2D eigenvalue weighted by Gasteiger charge is -2.32. The summed E-state index contributed by atoms with van der Waals surface area (Å²) in [5.74, 6) is 0.357. The number of hydrogen-bond donors (Lipinski definition) is 2. The third-order valence-electron chi connectivity index (χ3n) is 7.22. The van der Waals surface area contributed by atoms with Crippen molar-refractivity contribution < 1.29 is 23.6 Å². The number of likely N-dealkylation sites (tertiary alicyclic amines) is 1. The highest BCUT2D eigenvalue weighted by Gasteiger charge is 2.50. The molecule has 0 saturated carbocycles. The van der Waals surface area contributed by atoms with Gasteiger partial charge in [-0.15, -0.1) is 0 Å². The Morgan fingerprint density at radius 1 is 1.14 bits per heavy atom. The maximum Gasteiger partial charge on any atom is 0.322 e. The highest BCUT2D eigenvalue weighted by atomic mass is 16.5. The molecule has 1 atom stereocenters. The van der Waals surface area contributed by atoms with Gasteiger partial charge >= 0.3 is 6.03 Å². The highest BCUT2D eigenvalue weighted by molar-refractivity contribution is 6.07. The molecule has 0 radical (unpaired) electrons. The van der Waals surface area contributed by atoms with Crippen molar-refractivity contribution >= 4 is 28.8 Å². The van der Waals surface area contributed by atoms with Crippen LogP contribution in [0, 0.1) is 5.92 Å². The maximum atomic E-state index is 13.2. The third kappa shape index (κ3) is 3.80. The van der Waals surface area contributed by atoms with Crippen LogP contribution in [0.4, 0.5) is 4.79 Å². The molecule has 4 amide bonds. The summed E-state index contributed by atoms with van der Waals surface area (Å²) in [6.07, 6.45) is 1.57. The SMILES string of the molecule is COc1ccc2onc(C3CCN(C(=O)c4ccc([C@@]5(C(C)C)NC(=O)NC5=O)cc4)CC3)c2c1. The number of nitrogens with one attached hydrogen (secondary N) is 2. The largest absolute Gasteiger partial charge is 0.497 e. The molecule has 182 valence electrons. The average molecular weight is 477 g/mol. The molecule has 0 spiro atoms. The van der Waals surface area contributed by atoms with Crippen molar-refractivity contribution in [3.05, 3.63) is 59.3 Å². The number of carbonyl (C=O) groups is 3. The van der Waals surface area contributed by atoms with Gasteiger partial charge in [0.05, 0.1) is 12.8 Å². The van der Waals surface area contributed by atoms with E-state index in [9.17, 15) is 14.4 Å². The number of amides is 4. The van der Waals surface area contributed by atoms with Gasteiger partial charge in [0, 0.05) is 30.0 Å². The van der Waals surface area contributed by atoms with E-state index in [-0.39, 0.29) is 23.7 Å². The van der Waals surface area contributed by atoms with Crippen LogP contribution in [0.25, 0.3) is 11.0 Å². The van der Waals surface area contributed by atoms with Crippen molar-refractivity contribution in [1.82, 2.24) is 20.7 Å². The Bertz CT molecular complexity index is 1290. The number of piperidine rings is 1. The lowest BCUT2D eigenvalue weighted by atomic mass is 9.79. The second-order valence-electron chi connectivity index (χ2n) is 9.44. The summed E-state index contributed by atoms with van der Waals surface area (Å²) >= 11 is 0. The Hall–Kier alpha value is -3.88. The summed E-state index contributed by atoms with van der Waals surface area (Å²) in [6, 6.07) is 12.1. The fraction of sp³-hybridized carbons (Fsp3) is 0.385. The molecule has 9 nitrogen and oxygen atoms in total. The summed E-state index contributed by atoms with van der Waals surface area (Å²) in [4.78, 5) is 39.4. The van der Waals surface area contributed by atoms with Crippen LogP contribution in [0.2, 0.25) is 0 Å². The molecule has 9 heteroatoms. The van der Waals surface area contributed by atoms with Gasteiger partial charge in [-0.25, -0.2) is 4.79 Å². The number of fused-ring (bicyclic) bond motifs is 1. The fourth-order valence-corrected chi connectivity index (χ4v) is 5.18. The van der Waals surface area contributed by atoms with Gasteiger partial charge in [-0.1, -0.05) is 31.1 Å². The number of rotatable bonds is 5. The zero-order chi connectivity index (χ0) is 24.7.